The van der Waals surface area contributed by atoms with Gasteiger partial charge in [0, 0.05) is 6.04 Å². The summed E-state index contributed by atoms with van der Waals surface area (Å²) in [6, 6.07) is 0.772. The van der Waals surface area contributed by atoms with Gasteiger partial charge in [-0.2, -0.15) is 0 Å². The summed E-state index contributed by atoms with van der Waals surface area (Å²) in [5, 5.41) is 9.27. The highest BCUT2D eigenvalue weighted by Crippen LogP contribution is 2.38. The third-order valence-electron chi connectivity index (χ3n) is 4.48. The molecule has 1 aliphatic heterocycles. The Balaban J connectivity index is 1.91. The molecule has 2 aliphatic rings. The Hall–Kier alpha value is -0.570. The maximum Gasteiger partial charge on any atom is 0.309 e. The lowest BCUT2D eigenvalue weighted by Gasteiger charge is -2.44. The second-order valence-electron chi connectivity index (χ2n) is 5.06. The number of piperidine rings is 1. The predicted molar refractivity (Wildman–Crippen MR) is 58.8 cm³/mol. The minimum Gasteiger partial charge on any atom is -0.481 e. The highest BCUT2D eigenvalue weighted by molar-refractivity contribution is 5.74. The molecule has 0 aromatic carbocycles. The van der Waals surface area contributed by atoms with E-state index in [4.69, 9.17) is 0 Å². The summed E-state index contributed by atoms with van der Waals surface area (Å²) < 4.78 is 0. The van der Waals surface area contributed by atoms with Crippen molar-refractivity contribution in [2.45, 2.75) is 51.5 Å². The van der Waals surface area contributed by atoms with Gasteiger partial charge in [0.1, 0.15) is 0 Å². The molecule has 1 heterocycles. The number of carboxylic acids is 1. The van der Waals surface area contributed by atoms with E-state index in [1.54, 1.807) is 0 Å². The van der Waals surface area contributed by atoms with Gasteiger partial charge in [-0.05, 0) is 45.2 Å². The molecule has 0 radical (unpaired) electrons. The molecule has 0 aromatic heterocycles. The zero-order chi connectivity index (χ0) is 10.9. The smallest absolute Gasteiger partial charge is 0.309 e. The van der Waals surface area contributed by atoms with Crippen LogP contribution in [0.15, 0.2) is 0 Å². The first kappa shape index (κ1) is 10.9. The molecule has 1 aliphatic carbocycles. The topological polar surface area (TPSA) is 40.5 Å². The van der Waals surface area contributed by atoms with E-state index in [1.165, 1.54) is 19.3 Å². The molecular weight excluding hydrogens is 190 g/mol. The largest absolute Gasteiger partial charge is 0.481 e. The van der Waals surface area contributed by atoms with E-state index in [1.807, 2.05) is 6.92 Å². The standard InChI is InChI=1S/C12H21NO2/c1-2-12(11(14)15)6-8-13(9-7-12)10-4-3-5-10/h10H,2-9H2,1H3,(H,14,15). The van der Waals surface area contributed by atoms with Crippen LogP contribution in [0.3, 0.4) is 0 Å². The average molecular weight is 211 g/mol. The Morgan fingerprint density at radius 1 is 1.40 bits per heavy atom. The fourth-order valence-electron chi connectivity index (χ4n) is 2.79. The number of carbonyl (C=O) groups is 1. The minimum absolute atomic E-state index is 0.416. The van der Waals surface area contributed by atoms with Gasteiger partial charge in [0.15, 0.2) is 0 Å². The molecule has 3 heteroatoms. The maximum atomic E-state index is 11.2. The van der Waals surface area contributed by atoms with Gasteiger partial charge < -0.3 is 10.0 Å². The zero-order valence-corrected chi connectivity index (χ0v) is 9.54. The highest BCUT2D eigenvalue weighted by atomic mass is 16.4. The van der Waals surface area contributed by atoms with Crippen molar-refractivity contribution in [3.05, 3.63) is 0 Å². The molecule has 2 rings (SSSR count). The van der Waals surface area contributed by atoms with Crippen LogP contribution in [0.4, 0.5) is 0 Å². The monoisotopic (exact) mass is 211 g/mol. The van der Waals surface area contributed by atoms with E-state index in [0.29, 0.717) is 0 Å². The number of carboxylic acid groups (broad SMARTS) is 1. The molecule has 1 N–H and O–H groups in total. The molecule has 86 valence electrons. The van der Waals surface area contributed by atoms with E-state index in [9.17, 15) is 9.90 Å². The normalized spacial score (nSPS) is 27.3. The molecule has 2 fully saturated rings. The summed E-state index contributed by atoms with van der Waals surface area (Å²) in [6.45, 7) is 3.99. The third kappa shape index (κ3) is 1.89. The number of hydrogen-bond acceptors (Lipinski definition) is 2. The summed E-state index contributed by atoms with van der Waals surface area (Å²) in [6.07, 6.45) is 6.48. The van der Waals surface area contributed by atoms with Crippen molar-refractivity contribution in [2.75, 3.05) is 13.1 Å². The van der Waals surface area contributed by atoms with E-state index in [2.05, 4.69) is 4.90 Å². The molecule has 0 amide bonds. The first-order valence-electron chi connectivity index (χ1n) is 6.15. The Morgan fingerprint density at radius 3 is 2.33 bits per heavy atom. The van der Waals surface area contributed by atoms with Gasteiger partial charge in [-0.3, -0.25) is 4.79 Å². The molecule has 0 aromatic rings. The van der Waals surface area contributed by atoms with Gasteiger partial charge >= 0.3 is 5.97 Å². The van der Waals surface area contributed by atoms with E-state index in [-0.39, 0.29) is 0 Å². The van der Waals surface area contributed by atoms with Crippen LogP contribution >= 0.6 is 0 Å². The SMILES string of the molecule is CCC1(C(=O)O)CCN(C2CCC2)CC1. The van der Waals surface area contributed by atoms with Crippen LogP contribution in [-0.4, -0.2) is 35.1 Å². The van der Waals surface area contributed by atoms with Gasteiger partial charge in [0.2, 0.25) is 0 Å². The van der Waals surface area contributed by atoms with Gasteiger partial charge in [-0.15, -0.1) is 0 Å². The lowest BCUT2D eigenvalue weighted by atomic mass is 9.75. The molecule has 3 nitrogen and oxygen atoms in total. The number of aliphatic carboxylic acids is 1. The number of hydrogen-bond donors (Lipinski definition) is 1. The van der Waals surface area contributed by atoms with Gasteiger partial charge in [0.05, 0.1) is 5.41 Å². The van der Waals surface area contributed by atoms with Gasteiger partial charge in [0.25, 0.3) is 0 Å². The Kier molecular flexibility index (Phi) is 3.01. The van der Waals surface area contributed by atoms with Crippen LogP contribution in [0.25, 0.3) is 0 Å². The van der Waals surface area contributed by atoms with Crippen molar-refractivity contribution >= 4 is 5.97 Å². The first-order chi connectivity index (χ1) is 7.18. The van der Waals surface area contributed by atoms with Crippen LogP contribution in [0.2, 0.25) is 0 Å². The molecule has 1 saturated heterocycles. The fourth-order valence-corrected chi connectivity index (χ4v) is 2.79. The van der Waals surface area contributed by atoms with E-state index < -0.39 is 11.4 Å². The van der Waals surface area contributed by atoms with E-state index >= 15 is 0 Å². The second kappa shape index (κ2) is 4.12. The van der Waals surface area contributed by atoms with Crippen LogP contribution in [0.5, 0.6) is 0 Å². The lowest BCUT2D eigenvalue weighted by Crippen LogP contribution is -2.49. The fraction of sp³-hybridized carbons (Fsp3) is 0.917. The second-order valence-corrected chi connectivity index (χ2v) is 5.06. The summed E-state index contributed by atoms with van der Waals surface area (Å²) in [7, 11) is 0. The molecule has 0 atom stereocenters. The van der Waals surface area contributed by atoms with Crippen molar-refractivity contribution < 1.29 is 9.90 Å². The molecule has 0 bridgehead atoms. The summed E-state index contributed by atoms with van der Waals surface area (Å²) >= 11 is 0. The quantitative estimate of drug-likeness (QED) is 0.777. The van der Waals surface area contributed by atoms with Crippen LogP contribution in [0.1, 0.15) is 45.4 Å². The molecule has 0 spiro atoms. The van der Waals surface area contributed by atoms with Crippen molar-refractivity contribution in [1.82, 2.24) is 4.90 Å². The Morgan fingerprint density at radius 2 is 2.00 bits per heavy atom. The van der Waals surface area contributed by atoms with E-state index in [0.717, 1.165) is 38.4 Å². The molecule has 1 saturated carbocycles. The zero-order valence-electron chi connectivity index (χ0n) is 9.54. The number of nitrogens with zero attached hydrogens (tertiary/aromatic N) is 1. The third-order valence-corrected chi connectivity index (χ3v) is 4.48. The Bertz CT molecular complexity index is 240. The van der Waals surface area contributed by atoms with Crippen molar-refractivity contribution in [3.8, 4) is 0 Å². The minimum atomic E-state index is -0.585. The van der Waals surface area contributed by atoms with Crippen LogP contribution in [0, 0.1) is 5.41 Å². The molecular formula is C12H21NO2. The summed E-state index contributed by atoms with van der Waals surface area (Å²) in [5.74, 6) is -0.585. The molecule has 15 heavy (non-hydrogen) atoms. The first-order valence-corrected chi connectivity index (χ1v) is 6.15. The average Bonchev–Trinajstić information content (AvgIpc) is 2.16. The lowest BCUT2D eigenvalue weighted by molar-refractivity contribution is -0.153. The van der Waals surface area contributed by atoms with Crippen molar-refractivity contribution in [3.63, 3.8) is 0 Å². The van der Waals surface area contributed by atoms with Gasteiger partial charge in [-0.1, -0.05) is 13.3 Å². The number of rotatable bonds is 3. The summed E-state index contributed by atoms with van der Waals surface area (Å²) in [5.41, 5.74) is -0.416. The summed E-state index contributed by atoms with van der Waals surface area (Å²) in [4.78, 5) is 13.7. The Labute approximate surface area is 91.5 Å². The van der Waals surface area contributed by atoms with Crippen molar-refractivity contribution in [1.29, 1.82) is 0 Å². The number of likely N-dealkylation sites (tertiary alicyclic amines) is 1. The van der Waals surface area contributed by atoms with Crippen LogP contribution < -0.4 is 0 Å². The predicted octanol–water partition coefficient (Wildman–Crippen LogP) is 2.12. The van der Waals surface area contributed by atoms with Crippen LogP contribution in [-0.2, 0) is 4.79 Å². The highest BCUT2D eigenvalue weighted by Gasteiger charge is 2.41. The van der Waals surface area contributed by atoms with Crippen molar-refractivity contribution in [2.24, 2.45) is 5.41 Å². The maximum absolute atomic E-state index is 11.2. The molecule has 0 unspecified atom stereocenters. The van der Waals surface area contributed by atoms with Gasteiger partial charge in [-0.25, -0.2) is 0 Å².